The van der Waals surface area contributed by atoms with Crippen LogP contribution in [0.25, 0.3) is 11.3 Å². The van der Waals surface area contributed by atoms with Gasteiger partial charge in [-0.25, -0.2) is 9.78 Å². The summed E-state index contributed by atoms with van der Waals surface area (Å²) in [5.74, 6) is -0.345. The zero-order valence-electron chi connectivity index (χ0n) is 9.77. The fourth-order valence-electron chi connectivity index (χ4n) is 1.54. The highest BCUT2D eigenvalue weighted by molar-refractivity contribution is 7.13. The highest BCUT2D eigenvalue weighted by Crippen LogP contribution is 2.27. The molecule has 0 saturated carbocycles. The number of thiazole rings is 1. The van der Waals surface area contributed by atoms with E-state index in [0.717, 1.165) is 16.1 Å². The van der Waals surface area contributed by atoms with Crippen LogP contribution >= 0.6 is 11.3 Å². The maximum absolute atomic E-state index is 11.6. The van der Waals surface area contributed by atoms with Gasteiger partial charge in [-0.1, -0.05) is 30.3 Å². The molecule has 0 aliphatic rings. The number of benzene rings is 1. The summed E-state index contributed by atoms with van der Waals surface area (Å²) in [6.45, 7) is 4.12. The van der Waals surface area contributed by atoms with Crippen LogP contribution in [-0.2, 0) is 4.74 Å². The fourth-order valence-corrected chi connectivity index (χ4v) is 2.37. The third-order valence-corrected chi connectivity index (χ3v) is 3.24. The monoisotopic (exact) mass is 247 g/mol. The van der Waals surface area contributed by atoms with Crippen molar-refractivity contribution in [1.29, 1.82) is 0 Å². The Bertz CT molecular complexity index is 519. The van der Waals surface area contributed by atoms with Gasteiger partial charge in [-0.05, 0) is 13.8 Å². The molecular weight excluding hydrogens is 234 g/mol. The molecule has 17 heavy (non-hydrogen) atoms. The summed E-state index contributed by atoms with van der Waals surface area (Å²) >= 11 is 1.37. The molecule has 0 atom stereocenters. The molecule has 0 bridgehead atoms. The quantitative estimate of drug-likeness (QED) is 0.781. The van der Waals surface area contributed by atoms with Crippen molar-refractivity contribution in [2.24, 2.45) is 0 Å². The van der Waals surface area contributed by atoms with Crippen LogP contribution in [0, 0.1) is 6.92 Å². The van der Waals surface area contributed by atoms with Gasteiger partial charge in [0.05, 0.1) is 12.3 Å². The second-order valence-corrected chi connectivity index (χ2v) is 4.71. The Morgan fingerprint density at radius 3 is 2.71 bits per heavy atom. The normalized spacial score (nSPS) is 10.2. The van der Waals surface area contributed by atoms with Crippen LogP contribution in [0.4, 0.5) is 0 Å². The third-order valence-electron chi connectivity index (χ3n) is 2.29. The van der Waals surface area contributed by atoms with Crippen LogP contribution in [0.15, 0.2) is 30.3 Å². The first-order valence-electron chi connectivity index (χ1n) is 5.42. The molecule has 88 valence electrons. The molecule has 0 unspecified atom stereocenters. The number of ether oxygens (including phenoxy) is 1. The zero-order valence-corrected chi connectivity index (χ0v) is 10.6. The SMILES string of the molecule is CCOC(=O)c1nc(-c2ccccc2)c(C)s1. The van der Waals surface area contributed by atoms with E-state index in [0.29, 0.717) is 11.6 Å². The Balaban J connectivity index is 2.35. The van der Waals surface area contributed by atoms with E-state index in [1.807, 2.05) is 37.3 Å². The Morgan fingerprint density at radius 2 is 2.06 bits per heavy atom. The molecule has 2 rings (SSSR count). The Hall–Kier alpha value is -1.68. The number of carbonyl (C=O) groups is 1. The maximum Gasteiger partial charge on any atom is 0.367 e. The topological polar surface area (TPSA) is 39.2 Å². The van der Waals surface area contributed by atoms with Crippen LogP contribution in [0.1, 0.15) is 21.6 Å². The minimum absolute atomic E-state index is 0.345. The van der Waals surface area contributed by atoms with Crippen LogP contribution in [0.3, 0.4) is 0 Å². The Labute approximate surface area is 104 Å². The van der Waals surface area contributed by atoms with Gasteiger partial charge in [0.2, 0.25) is 5.01 Å². The third kappa shape index (κ3) is 2.53. The summed E-state index contributed by atoms with van der Waals surface area (Å²) in [6.07, 6.45) is 0. The van der Waals surface area contributed by atoms with Crippen LogP contribution < -0.4 is 0 Å². The van der Waals surface area contributed by atoms with Gasteiger partial charge in [0.25, 0.3) is 0 Å². The van der Waals surface area contributed by atoms with E-state index in [9.17, 15) is 4.79 Å². The predicted molar refractivity (Wildman–Crippen MR) is 68.2 cm³/mol. The summed E-state index contributed by atoms with van der Waals surface area (Å²) in [5.41, 5.74) is 1.88. The molecule has 0 fully saturated rings. The van der Waals surface area contributed by atoms with Crippen molar-refractivity contribution in [2.75, 3.05) is 6.61 Å². The maximum atomic E-state index is 11.6. The first-order chi connectivity index (χ1) is 8.22. The summed E-state index contributed by atoms with van der Waals surface area (Å²) in [4.78, 5) is 16.9. The molecule has 0 aliphatic carbocycles. The minimum Gasteiger partial charge on any atom is -0.461 e. The van der Waals surface area contributed by atoms with Crippen LogP contribution in [0.2, 0.25) is 0 Å². The Kier molecular flexibility index (Phi) is 3.54. The number of hydrogen-bond donors (Lipinski definition) is 0. The van der Waals surface area contributed by atoms with Gasteiger partial charge in [0.1, 0.15) is 0 Å². The molecule has 1 aromatic heterocycles. The van der Waals surface area contributed by atoms with Crippen molar-refractivity contribution in [2.45, 2.75) is 13.8 Å². The number of carbonyl (C=O) groups excluding carboxylic acids is 1. The molecule has 3 nitrogen and oxygen atoms in total. The lowest BCUT2D eigenvalue weighted by Gasteiger charge is -1.97. The van der Waals surface area contributed by atoms with E-state index in [-0.39, 0.29) is 5.97 Å². The summed E-state index contributed by atoms with van der Waals surface area (Å²) in [7, 11) is 0. The van der Waals surface area contributed by atoms with Crippen molar-refractivity contribution in [3.63, 3.8) is 0 Å². The number of rotatable bonds is 3. The molecule has 1 heterocycles. The summed E-state index contributed by atoms with van der Waals surface area (Å²) in [5, 5.41) is 0.420. The van der Waals surface area contributed by atoms with Crippen LogP contribution in [-0.4, -0.2) is 17.6 Å². The number of hydrogen-bond acceptors (Lipinski definition) is 4. The largest absolute Gasteiger partial charge is 0.461 e. The predicted octanol–water partition coefficient (Wildman–Crippen LogP) is 3.30. The molecular formula is C13H13NO2S. The summed E-state index contributed by atoms with van der Waals surface area (Å²) < 4.78 is 4.94. The molecule has 0 radical (unpaired) electrons. The van der Waals surface area contributed by atoms with Gasteiger partial charge in [0, 0.05) is 10.4 Å². The highest BCUT2D eigenvalue weighted by Gasteiger charge is 2.15. The van der Waals surface area contributed by atoms with Crippen molar-refractivity contribution in [3.05, 3.63) is 40.2 Å². The lowest BCUT2D eigenvalue weighted by Crippen LogP contribution is -2.03. The van der Waals surface area contributed by atoms with Gasteiger partial charge >= 0.3 is 5.97 Å². The van der Waals surface area contributed by atoms with Gasteiger partial charge < -0.3 is 4.74 Å². The molecule has 2 aromatic rings. The average Bonchev–Trinajstić information content (AvgIpc) is 2.73. The molecule has 0 spiro atoms. The van der Waals surface area contributed by atoms with E-state index in [1.54, 1.807) is 6.92 Å². The van der Waals surface area contributed by atoms with Crippen molar-refractivity contribution in [3.8, 4) is 11.3 Å². The van der Waals surface area contributed by atoms with Crippen molar-refractivity contribution < 1.29 is 9.53 Å². The first kappa shape index (κ1) is 11.8. The lowest BCUT2D eigenvalue weighted by molar-refractivity contribution is 0.0526. The fraction of sp³-hybridized carbons (Fsp3) is 0.231. The molecule has 1 aromatic carbocycles. The van der Waals surface area contributed by atoms with Crippen molar-refractivity contribution in [1.82, 2.24) is 4.98 Å². The van der Waals surface area contributed by atoms with E-state index in [2.05, 4.69) is 4.98 Å². The van der Waals surface area contributed by atoms with Crippen LogP contribution in [0.5, 0.6) is 0 Å². The van der Waals surface area contributed by atoms with Gasteiger partial charge in [-0.3, -0.25) is 0 Å². The van der Waals surface area contributed by atoms with E-state index < -0.39 is 0 Å². The van der Waals surface area contributed by atoms with E-state index in [1.165, 1.54) is 11.3 Å². The van der Waals surface area contributed by atoms with Gasteiger partial charge in [-0.2, -0.15) is 0 Å². The lowest BCUT2D eigenvalue weighted by atomic mass is 10.1. The molecule has 0 aliphatic heterocycles. The average molecular weight is 247 g/mol. The van der Waals surface area contributed by atoms with Crippen molar-refractivity contribution >= 4 is 17.3 Å². The van der Waals surface area contributed by atoms with Gasteiger partial charge in [0.15, 0.2) is 0 Å². The van der Waals surface area contributed by atoms with E-state index in [4.69, 9.17) is 4.74 Å². The van der Waals surface area contributed by atoms with Gasteiger partial charge in [-0.15, -0.1) is 11.3 Å². The highest BCUT2D eigenvalue weighted by atomic mass is 32.1. The second-order valence-electron chi connectivity index (χ2n) is 3.51. The second kappa shape index (κ2) is 5.10. The minimum atomic E-state index is -0.345. The molecule has 4 heteroatoms. The number of aromatic nitrogens is 1. The smallest absolute Gasteiger partial charge is 0.367 e. The zero-order chi connectivity index (χ0) is 12.3. The Morgan fingerprint density at radius 1 is 1.35 bits per heavy atom. The first-order valence-corrected chi connectivity index (χ1v) is 6.24. The number of nitrogens with zero attached hydrogens (tertiary/aromatic N) is 1. The standard InChI is InChI=1S/C13H13NO2S/c1-3-16-13(15)12-14-11(9(2)17-12)10-7-5-4-6-8-10/h4-8H,3H2,1-2H3. The molecule has 0 N–H and O–H groups in total. The number of aryl methyl sites for hydroxylation is 1. The molecule has 0 amide bonds. The summed E-state index contributed by atoms with van der Waals surface area (Å²) in [6, 6.07) is 9.84. The van der Waals surface area contributed by atoms with E-state index >= 15 is 0 Å². The number of esters is 1. The molecule has 0 saturated heterocycles.